The Bertz CT molecular complexity index is 773. The number of aliphatic hydroxyl groups is 1. The van der Waals surface area contributed by atoms with Crippen molar-refractivity contribution >= 4 is 11.9 Å². The highest BCUT2D eigenvalue weighted by Crippen LogP contribution is 2.11. The standard InChI is InChI=1S/C29H52N4O7/c1-2-3-4-5-6-7-8-9-10-11-12-13-16-30-28(35)14-15-29(36)40-26-27-25-33(32-31-27)17-19-37-21-23-39-24-22-38-20-18-34/h14-15,25,34H,2-13,16-24,26H2,1H3,(H,30,35)/b15-14-. The van der Waals surface area contributed by atoms with Gasteiger partial charge in [-0.15, -0.1) is 5.10 Å². The van der Waals surface area contributed by atoms with Crippen LogP contribution in [0.25, 0.3) is 0 Å². The quantitative estimate of drug-likeness (QED) is 0.0881. The molecule has 40 heavy (non-hydrogen) atoms. The molecule has 2 N–H and O–H groups in total. The van der Waals surface area contributed by atoms with E-state index in [-0.39, 0.29) is 19.1 Å². The van der Waals surface area contributed by atoms with Gasteiger partial charge in [0.25, 0.3) is 0 Å². The predicted octanol–water partition coefficient (Wildman–Crippen LogP) is 3.74. The second-order valence-corrected chi connectivity index (χ2v) is 9.65. The van der Waals surface area contributed by atoms with Crippen molar-refractivity contribution in [1.29, 1.82) is 0 Å². The summed E-state index contributed by atoms with van der Waals surface area (Å²) in [5.41, 5.74) is 0.504. The smallest absolute Gasteiger partial charge is 0.331 e. The first-order valence-electron chi connectivity index (χ1n) is 15.0. The van der Waals surface area contributed by atoms with Gasteiger partial charge in [-0.1, -0.05) is 82.8 Å². The Hall–Kier alpha value is -2.34. The second-order valence-electron chi connectivity index (χ2n) is 9.65. The fourth-order valence-electron chi connectivity index (χ4n) is 3.85. The second kappa shape index (κ2) is 26.9. The minimum absolute atomic E-state index is 0.00486. The molecule has 1 rings (SSSR count). The van der Waals surface area contributed by atoms with Gasteiger partial charge in [0, 0.05) is 18.7 Å². The number of rotatable bonds is 28. The molecule has 0 unspecified atom stereocenters. The molecule has 0 saturated carbocycles. The van der Waals surface area contributed by atoms with Gasteiger partial charge in [-0.3, -0.25) is 4.79 Å². The number of nitrogens with zero attached hydrogens (tertiary/aromatic N) is 3. The molecule has 0 radical (unpaired) electrons. The van der Waals surface area contributed by atoms with Gasteiger partial charge in [0.15, 0.2) is 0 Å². The molecule has 1 heterocycles. The number of hydrogen-bond acceptors (Lipinski definition) is 9. The summed E-state index contributed by atoms with van der Waals surface area (Å²) in [6.07, 6.45) is 19.3. The molecule has 11 nitrogen and oxygen atoms in total. The van der Waals surface area contributed by atoms with E-state index in [4.69, 9.17) is 24.1 Å². The van der Waals surface area contributed by atoms with Gasteiger partial charge < -0.3 is 29.4 Å². The van der Waals surface area contributed by atoms with E-state index >= 15 is 0 Å². The number of ether oxygens (including phenoxy) is 4. The first-order chi connectivity index (χ1) is 19.7. The molecule has 0 aliphatic carbocycles. The lowest BCUT2D eigenvalue weighted by Crippen LogP contribution is -2.22. The summed E-state index contributed by atoms with van der Waals surface area (Å²) in [6, 6.07) is 0. The number of nitrogens with one attached hydrogen (secondary N) is 1. The van der Waals surface area contributed by atoms with E-state index in [0.717, 1.165) is 18.9 Å². The molecular formula is C29H52N4O7. The third kappa shape index (κ3) is 22.5. The average Bonchev–Trinajstić information content (AvgIpc) is 3.42. The topological polar surface area (TPSA) is 134 Å². The van der Waals surface area contributed by atoms with E-state index in [1.165, 1.54) is 70.3 Å². The Morgan fingerprint density at radius 1 is 0.825 bits per heavy atom. The van der Waals surface area contributed by atoms with Crippen molar-refractivity contribution in [2.45, 2.75) is 97.1 Å². The highest BCUT2D eigenvalue weighted by Gasteiger charge is 2.05. The normalized spacial score (nSPS) is 11.3. The van der Waals surface area contributed by atoms with Crippen molar-refractivity contribution in [3.05, 3.63) is 24.0 Å². The number of esters is 1. The maximum Gasteiger partial charge on any atom is 0.331 e. The van der Waals surface area contributed by atoms with Crippen LogP contribution in [0.1, 0.15) is 89.7 Å². The Labute approximate surface area is 240 Å². The van der Waals surface area contributed by atoms with Crippen molar-refractivity contribution < 1.29 is 33.6 Å². The third-order valence-electron chi connectivity index (χ3n) is 6.09. The van der Waals surface area contributed by atoms with Gasteiger partial charge in [0.05, 0.1) is 59.0 Å². The van der Waals surface area contributed by atoms with Crippen molar-refractivity contribution in [1.82, 2.24) is 20.3 Å². The number of aromatic nitrogens is 3. The Balaban J connectivity index is 1.97. The molecule has 0 saturated heterocycles. The average molecular weight is 569 g/mol. The lowest BCUT2D eigenvalue weighted by molar-refractivity contribution is -0.139. The van der Waals surface area contributed by atoms with Gasteiger partial charge in [0.2, 0.25) is 5.91 Å². The summed E-state index contributed by atoms with van der Waals surface area (Å²) >= 11 is 0. The fraction of sp³-hybridized carbons (Fsp3) is 0.793. The molecule has 1 amide bonds. The molecule has 0 spiro atoms. The Kier molecular flexibility index (Phi) is 24.0. The maximum absolute atomic E-state index is 11.9. The minimum Gasteiger partial charge on any atom is -0.456 e. The van der Waals surface area contributed by atoms with Gasteiger partial charge in [0.1, 0.15) is 12.3 Å². The summed E-state index contributed by atoms with van der Waals surface area (Å²) < 4.78 is 22.6. The molecule has 11 heteroatoms. The third-order valence-corrected chi connectivity index (χ3v) is 6.09. The zero-order valence-corrected chi connectivity index (χ0v) is 24.5. The van der Waals surface area contributed by atoms with Crippen LogP contribution in [0.5, 0.6) is 0 Å². The number of amides is 1. The van der Waals surface area contributed by atoms with Crippen LogP contribution < -0.4 is 5.32 Å². The first kappa shape index (κ1) is 35.7. The lowest BCUT2D eigenvalue weighted by Gasteiger charge is -2.06. The number of carbonyl (C=O) groups excluding carboxylic acids is 2. The minimum atomic E-state index is -0.611. The molecular weight excluding hydrogens is 516 g/mol. The van der Waals surface area contributed by atoms with Gasteiger partial charge in [-0.25, -0.2) is 9.48 Å². The predicted molar refractivity (Wildman–Crippen MR) is 153 cm³/mol. The number of hydrogen-bond donors (Lipinski definition) is 2. The van der Waals surface area contributed by atoms with Crippen LogP contribution in [0.3, 0.4) is 0 Å². The number of aliphatic hydroxyl groups excluding tert-OH is 1. The van der Waals surface area contributed by atoms with Gasteiger partial charge >= 0.3 is 5.97 Å². The van der Waals surface area contributed by atoms with Crippen LogP contribution in [0, 0.1) is 0 Å². The monoisotopic (exact) mass is 568 g/mol. The summed E-state index contributed by atoms with van der Waals surface area (Å²) in [5.74, 6) is -0.911. The fourth-order valence-corrected chi connectivity index (χ4v) is 3.85. The molecule has 0 fully saturated rings. The first-order valence-corrected chi connectivity index (χ1v) is 15.0. The Morgan fingerprint density at radius 3 is 2.02 bits per heavy atom. The van der Waals surface area contributed by atoms with Crippen LogP contribution in [-0.4, -0.2) is 84.8 Å². The number of carbonyl (C=O) groups is 2. The van der Waals surface area contributed by atoms with Crippen LogP contribution in [0.15, 0.2) is 18.3 Å². The van der Waals surface area contributed by atoms with E-state index < -0.39 is 5.97 Å². The Morgan fingerprint density at radius 2 is 1.40 bits per heavy atom. The van der Waals surface area contributed by atoms with Gasteiger partial charge in [-0.2, -0.15) is 0 Å². The molecule has 0 bridgehead atoms. The summed E-state index contributed by atoms with van der Waals surface area (Å²) in [5, 5.41) is 19.3. The van der Waals surface area contributed by atoms with Gasteiger partial charge in [-0.05, 0) is 6.42 Å². The molecule has 0 aromatic carbocycles. The van der Waals surface area contributed by atoms with Crippen molar-refractivity contribution in [2.75, 3.05) is 52.8 Å². The molecule has 1 aromatic rings. The van der Waals surface area contributed by atoms with Crippen LogP contribution in [-0.2, 0) is 41.7 Å². The van der Waals surface area contributed by atoms with E-state index in [1.807, 2.05) is 0 Å². The van der Waals surface area contributed by atoms with E-state index in [1.54, 1.807) is 10.9 Å². The van der Waals surface area contributed by atoms with E-state index in [0.29, 0.717) is 58.4 Å². The van der Waals surface area contributed by atoms with Crippen molar-refractivity contribution in [2.24, 2.45) is 0 Å². The molecule has 0 atom stereocenters. The highest BCUT2D eigenvalue weighted by atomic mass is 16.5. The zero-order chi connectivity index (χ0) is 28.9. The molecule has 230 valence electrons. The zero-order valence-electron chi connectivity index (χ0n) is 24.5. The molecule has 0 aliphatic heterocycles. The van der Waals surface area contributed by atoms with Crippen molar-refractivity contribution in [3.8, 4) is 0 Å². The molecule has 1 aromatic heterocycles. The SMILES string of the molecule is CCCCCCCCCCCCCCNC(=O)/C=C\C(=O)OCc1cn(CCOCCOCCOCCO)nn1. The van der Waals surface area contributed by atoms with Crippen LogP contribution in [0.2, 0.25) is 0 Å². The number of unbranched alkanes of at least 4 members (excludes halogenated alkanes) is 11. The van der Waals surface area contributed by atoms with Crippen LogP contribution >= 0.6 is 0 Å². The largest absolute Gasteiger partial charge is 0.456 e. The lowest BCUT2D eigenvalue weighted by atomic mass is 10.1. The molecule has 0 aliphatic rings. The summed E-state index contributed by atoms with van der Waals surface area (Å²) in [7, 11) is 0. The summed E-state index contributed by atoms with van der Waals surface area (Å²) in [4.78, 5) is 23.8. The summed E-state index contributed by atoms with van der Waals surface area (Å²) in [6.45, 7) is 5.86. The van der Waals surface area contributed by atoms with E-state index in [9.17, 15) is 9.59 Å². The maximum atomic E-state index is 11.9. The van der Waals surface area contributed by atoms with Crippen LogP contribution in [0.4, 0.5) is 0 Å². The highest BCUT2D eigenvalue weighted by molar-refractivity contribution is 5.94. The van der Waals surface area contributed by atoms with Crippen molar-refractivity contribution in [3.63, 3.8) is 0 Å². The van der Waals surface area contributed by atoms with E-state index in [2.05, 4.69) is 22.6 Å².